The lowest BCUT2D eigenvalue weighted by Crippen LogP contribution is -2.26. The summed E-state index contributed by atoms with van der Waals surface area (Å²) in [6.07, 6.45) is 9.49. The number of hydrogen-bond acceptors (Lipinski definition) is 3. The first-order valence-corrected chi connectivity index (χ1v) is 7.38. The van der Waals surface area contributed by atoms with Crippen molar-refractivity contribution in [2.24, 2.45) is 0 Å². The van der Waals surface area contributed by atoms with E-state index in [0.717, 1.165) is 16.4 Å². The molecule has 0 aromatic carbocycles. The van der Waals surface area contributed by atoms with Gasteiger partial charge in [0.05, 0.1) is 22.2 Å². The Bertz CT molecular complexity index is 1060. The first-order valence-electron chi connectivity index (χ1n) is 7.38. The molecule has 0 saturated heterocycles. The highest BCUT2D eigenvalue weighted by molar-refractivity contribution is 6.08. The van der Waals surface area contributed by atoms with Crippen molar-refractivity contribution in [1.82, 2.24) is 19.5 Å². The van der Waals surface area contributed by atoms with E-state index in [2.05, 4.69) is 51.6 Å². The molecule has 4 aromatic rings. The molecule has 4 heteroatoms. The predicted octanol–water partition coefficient (Wildman–Crippen LogP) is 3.61. The van der Waals surface area contributed by atoms with Crippen LogP contribution in [0.15, 0.2) is 49.2 Å². The summed E-state index contributed by atoms with van der Waals surface area (Å²) >= 11 is 0. The Hall–Kier alpha value is -2.75. The number of pyridine rings is 3. The second-order valence-electron chi connectivity index (χ2n) is 6.30. The van der Waals surface area contributed by atoms with E-state index in [1.807, 2.05) is 31.0 Å². The Labute approximate surface area is 127 Å². The van der Waals surface area contributed by atoms with E-state index in [9.17, 15) is 0 Å². The van der Waals surface area contributed by atoms with Gasteiger partial charge in [0.15, 0.2) is 0 Å². The molecule has 5 heterocycles. The average Bonchev–Trinajstić information content (AvgIpc) is 2.88. The van der Waals surface area contributed by atoms with Crippen LogP contribution in [-0.4, -0.2) is 19.5 Å². The Kier molecular flexibility index (Phi) is 2.00. The molecule has 0 fully saturated rings. The van der Waals surface area contributed by atoms with Crippen LogP contribution in [0.2, 0.25) is 0 Å². The lowest BCUT2D eigenvalue weighted by molar-refractivity contribution is 0.626. The van der Waals surface area contributed by atoms with Crippen molar-refractivity contribution in [2.45, 2.75) is 19.3 Å². The highest BCUT2D eigenvalue weighted by atomic mass is 15.0. The van der Waals surface area contributed by atoms with Crippen molar-refractivity contribution in [3.05, 3.63) is 60.3 Å². The Balaban J connectivity index is 2.15. The molecule has 5 rings (SSSR count). The molecule has 4 aromatic heterocycles. The standard InChI is InChI=1S/C18H14N4/c1-18(2)12-3-8-21-16-11-9-19-6-4-14(11)22(17(12)16)15-5-7-20-10-13(15)18/h3-10H,1-2H3. The van der Waals surface area contributed by atoms with Crippen molar-refractivity contribution < 1.29 is 0 Å². The van der Waals surface area contributed by atoms with E-state index in [0.29, 0.717) is 0 Å². The zero-order chi connectivity index (χ0) is 14.9. The molecule has 0 aliphatic carbocycles. The van der Waals surface area contributed by atoms with Crippen LogP contribution in [0.1, 0.15) is 25.0 Å². The molecule has 1 aliphatic rings. The van der Waals surface area contributed by atoms with Gasteiger partial charge < -0.3 is 4.57 Å². The third-order valence-electron chi connectivity index (χ3n) is 4.83. The quantitative estimate of drug-likeness (QED) is 0.496. The maximum atomic E-state index is 4.63. The van der Waals surface area contributed by atoms with Gasteiger partial charge in [0.25, 0.3) is 0 Å². The molecule has 22 heavy (non-hydrogen) atoms. The molecule has 0 N–H and O–H groups in total. The van der Waals surface area contributed by atoms with Crippen LogP contribution in [0.3, 0.4) is 0 Å². The largest absolute Gasteiger partial charge is 0.307 e. The van der Waals surface area contributed by atoms with E-state index in [4.69, 9.17) is 0 Å². The Morgan fingerprint density at radius 1 is 0.909 bits per heavy atom. The second-order valence-corrected chi connectivity index (χ2v) is 6.30. The van der Waals surface area contributed by atoms with Crippen LogP contribution in [0.5, 0.6) is 0 Å². The first-order chi connectivity index (χ1) is 10.7. The normalized spacial score (nSPS) is 15.2. The van der Waals surface area contributed by atoms with Gasteiger partial charge in [-0.05, 0) is 23.8 Å². The molecule has 0 spiro atoms. The van der Waals surface area contributed by atoms with E-state index in [-0.39, 0.29) is 5.41 Å². The van der Waals surface area contributed by atoms with Crippen molar-refractivity contribution in [3.8, 4) is 5.69 Å². The van der Waals surface area contributed by atoms with Crippen LogP contribution in [0.25, 0.3) is 27.6 Å². The molecule has 0 radical (unpaired) electrons. The molecule has 0 atom stereocenters. The Morgan fingerprint density at radius 2 is 1.73 bits per heavy atom. The summed E-state index contributed by atoms with van der Waals surface area (Å²) < 4.78 is 2.30. The monoisotopic (exact) mass is 286 g/mol. The summed E-state index contributed by atoms with van der Waals surface area (Å²) in [6, 6.07) is 6.27. The van der Waals surface area contributed by atoms with Gasteiger partial charge in [-0.3, -0.25) is 15.0 Å². The maximum absolute atomic E-state index is 4.63. The molecule has 0 unspecified atom stereocenters. The molecule has 4 nitrogen and oxygen atoms in total. The van der Waals surface area contributed by atoms with Gasteiger partial charge in [-0.25, -0.2) is 0 Å². The molecule has 106 valence electrons. The van der Waals surface area contributed by atoms with E-state index in [1.54, 1.807) is 0 Å². The number of nitrogens with zero attached hydrogens (tertiary/aromatic N) is 4. The first kappa shape index (κ1) is 11.9. The van der Waals surface area contributed by atoms with Crippen molar-refractivity contribution in [1.29, 1.82) is 0 Å². The van der Waals surface area contributed by atoms with E-state index < -0.39 is 0 Å². The molecular weight excluding hydrogens is 272 g/mol. The molecule has 1 aliphatic heterocycles. The molecule has 0 saturated carbocycles. The minimum absolute atomic E-state index is 0.0947. The van der Waals surface area contributed by atoms with Gasteiger partial charge in [0, 0.05) is 47.3 Å². The van der Waals surface area contributed by atoms with Crippen molar-refractivity contribution in [3.63, 3.8) is 0 Å². The highest BCUT2D eigenvalue weighted by Gasteiger charge is 2.35. The van der Waals surface area contributed by atoms with Crippen LogP contribution in [-0.2, 0) is 5.41 Å². The summed E-state index contributed by atoms with van der Waals surface area (Å²) in [7, 11) is 0. The van der Waals surface area contributed by atoms with E-state index in [1.165, 1.54) is 22.3 Å². The van der Waals surface area contributed by atoms with Gasteiger partial charge in [0.1, 0.15) is 0 Å². The fourth-order valence-electron chi connectivity index (χ4n) is 3.73. The lowest BCUT2D eigenvalue weighted by Gasteiger charge is -2.33. The smallest absolute Gasteiger partial charge is 0.0982 e. The number of rotatable bonds is 0. The van der Waals surface area contributed by atoms with Gasteiger partial charge in [0.2, 0.25) is 0 Å². The zero-order valence-corrected chi connectivity index (χ0v) is 12.4. The van der Waals surface area contributed by atoms with E-state index >= 15 is 0 Å². The number of hydrogen-bond donors (Lipinski definition) is 0. The third kappa shape index (κ3) is 1.21. The van der Waals surface area contributed by atoms with Gasteiger partial charge >= 0.3 is 0 Å². The minimum atomic E-state index is -0.0947. The van der Waals surface area contributed by atoms with Gasteiger partial charge in [-0.1, -0.05) is 13.8 Å². The average molecular weight is 286 g/mol. The van der Waals surface area contributed by atoms with Crippen LogP contribution < -0.4 is 0 Å². The van der Waals surface area contributed by atoms with Crippen molar-refractivity contribution >= 4 is 21.9 Å². The number of aromatic nitrogens is 4. The van der Waals surface area contributed by atoms with Crippen LogP contribution in [0, 0.1) is 0 Å². The van der Waals surface area contributed by atoms with Gasteiger partial charge in [-0.15, -0.1) is 0 Å². The van der Waals surface area contributed by atoms with Crippen LogP contribution >= 0.6 is 0 Å². The fourth-order valence-corrected chi connectivity index (χ4v) is 3.73. The topological polar surface area (TPSA) is 43.6 Å². The summed E-state index contributed by atoms with van der Waals surface area (Å²) in [6.45, 7) is 4.50. The van der Waals surface area contributed by atoms with Gasteiger partial charge in [-0.2, -0.15) is 0 Å². The molecule has 0 bridgehead atoms. The second kappa shape index (κ2) is 3.71. The SMILES string of the molecule is CC1(C)c2cnccc2-n2c3ccncc3c3nccc1c32. The Morgan fingerprint density at radius 3 is 2.64 bits per heavy atom. The predicted molar refractivity (Wildman–Crippen MR) is 86.3 cm³/mol. The lowest BCUT2D eigenvalue weighted by atomic mass is 9.76. The molecule has 0 amide bonds. The maximum Gasteiger partial charge on any atom is 0.0982 e. The summed E-state index contributed by atoms with van der Waals surface area (Å²) in [5.41, 5.74) is 6.98. The summed E-state index contributed by atoms with van der Waals surface area (Å²) in [5.74, 6) is 0. The third-order valence-corrected chi connectivity index (χ3v) is 4.83. The number of fused-ring (bicyclic) bond motifs is 5. The highest BCUT2D eigenvalue weighted by Crippen LogP contribution is 2.45. The minimum Gasteiger partial charge on any atom is -0.307 e. The van der Waals surface area contributed by atoms with Crippen molar-refractivity contribution in [2.75, 3.05) is 0 Å². The fraction of sp³-hybridized carbons (Fsp3) is 0.167. The summed E-state index contributed by atoms with van der Waals surface area (Å²) in [4.78, 5) is 13.3. The zero-order valence-electron chi connectivity index (χ0n) is 12.4. The molecular formula is C18H14N4. The summed E-state index contributed by atoms with van der Waals surface area (Å²) in [5, 5.41) is 1.10. The van der Waals surface area contributed by atoms with Crippen LogP contribution in [0.4, 0.5) is 0 Å².